The molecule has 0 saturated carbocycles. The van der Waals surface area contributed by atoms with Crippen molar-refractivity contribution in [2.75, 3.05) is 0 Å². The highest BCUT2D eigenvalue weighted by Crippen LogP contribution is 2.07. The molecule has 1 aromatic rings. The van der Waals surface area contributed by atoms with E-state index in [0.29, 0.717) is 5.56 Å². The van der Waals surface area contributed by atoms with Crippen molar-refractivity contribution in [1.29, 1.82) is 0 Å². The monoisotopic (exact) mass is 249 g/mol. The summed E-state index contributed by atoms with van der Waals surface area (Å²) in [5.41, 5.74) is 0.546. The fourth-order valence-electron chi connectivity index (χ4n) is 1.55. The van der Waals surface area contributed by atoms with E-state index in [9.17, 15) is 14.4 Å². The maximum Gasteiger partial charge on any atom is 0.326 e. The number of nitrogens with one attached hydrogen (secondary N) is 1. The zero-order valence-electron chi connectivity index (χ0n) is 10.1. The largest absolute Gasteiger partial charge is 0.480 e. The first-order chi connectivity index (χ1) is 8.50. The number of ketones is 1. The predicted molar refractivity (Wildman–Crippen MR) is 65.2 cm³/mol. The van der Waals surface area contributed by atoms with E-state index < -0.39 is 17.9 Å². The van der Waals surface area contributed by atoms with Crippen molar-refractivity contribution in [1.82, 2.24) is 5.32 Å². The Morgan fingerprint density at radius 3 is 2.33 bits per heavy atom. The standard InChI is InChI=1S/C13H15NO4/c1-9(15)14-11(13(17)18)7-8-12(16)10-5-3-2-4-6-10/h2-6,11H,7-8H2,1H3,(H,14,15)(H,17,18). The van der Waals surface area contributed by atoms with E-state index in [1.807, 2.05) is 0 Å². The van der Waals surface area contributed by atoms with Crippen molar-refractivity contribution in [3.63, 3.8) is 0 Å². The van der Waals surface area contributed by atoms with Crippen molar-refractivity contribution in [3.05, 3.63) is 35.9 Å². The number of hydrogen-bond donors (Lipinski definition) is 2. The minimum Gasteiger partial charge on any atom is -0.480 e. The van der Waals surface area contributed by atoms with Gasteiger partial charge in [-0.05, 0) is 6.42 Å². The average Bonchev–Trinajstić information content (AvgIpc) is 2.34. The van der Waals surface area contributed by atoms with Gasteiger partial charge in [0.25, 0.3) is 0 Å². The number of carboxylic acids is 1. The molecule has 0 aliphatic heterocycles. The van der Waals surface area contributed by atoms with Crippen molar-refractivity contribution < 1.29 is 19.5 Å². The molecule has 1 aromatic carbocycles. The van der Waals surface area contributed by atoms with Gasteiger partial charge in [0.05, 0.1) is 0 Å². The Labute approximate surface area is 105 Å². The molecule has 0 aromatic heterocycles. The van der Waals surface area contributed by atoms with Crippen LogP contribution in [-0.2, 0) is 9.59 Å². The molecular formula is C13H15NO4. The van der Waals surface area contributed by atoms with Gasteiger partial charge in [-0.3, -0.25) is 9.59 Å². The zero-order chi connectivity index (χ0) is 13.5. The smallest absolute Gasteiger partial charge is 0.326 e. The van der Waals surface area contributed by atoms with Gasteiger partial charge in [0.15, 0.2) is 5.78 Å². The summed E-state index contributed by atoms with van der Waals surface area (Å²) in [6.07, 6.45) is 0.171. The van der Waals surface area contributed by atoms with Crippen LogP contribution in [0.2, 0.25) is 0 Å². The van der Waals surface area contributed by atoms with Crippen LogP contribution in [0.15, 0.2) is 30.3 Å². The number of benzene rings is 1. The summed E-state index contributed by atoms with van der Waals surface area (Å²) >= 11 is 0. The van der Waals surface area contributed by atoms with E-state index in [0.717, 1.165) is 0 Å². The van der Waals surface area contributed by atoms with E-state index in [4.69, 9.17) is 5.11 Å². The molecule has 2 N–H and O–H groups in total. The highest BCUT2D eigenvalue weighted by atomic mass is 16.4. The summed E-state index contributed by atoms with van der Waals surface area (Å²) in [4.78, 5) is 33.4. The van der Waals surface area contributed by atoms with E-state index in [1.165, 1.54) is 6.92 Å². The molecular weight excluding hydrogens is 234 g/mol. The van der Waals surface area contributed by atoms with E-state index in [-0.39, 0.29) is 18.6 Å². The summed E-state index contributed by atoms with van der Waals surface area (Å²) in [7, 11) is 0. The molecule has 0 spiro atoms. The van der Waals surface area contributed by atoms with Gasteiger partial charge in [0, 0.05) is 18.9 Å². The van der Waals surface area contributed by atoms with Gasteiger partial charge in [0.2, 0.25) is 5.91 Å². The molecule has 18 heavy (non-hydrogen) atoms. The molecule has 1 amide bonds. The normalized spacial score (nSPS) is 11.6. The fourth-order valence-corrected chi connectivity index (χ4v) is 1.55. The summed E-state index contributed by atoms with van der Waals surface area (Å²) in [5.74, 6) is -1.69. The van der Waals surface area contributed by atoms with Gasteiger partial charge in [-0.1, -0.05) is 30.3 Å². The molecule has 1 unspecified atom stereocenters. The lowest BCUT2D eigenvalue weighted by Crippen LogP contribution is -2.39. The lowest BCUT2D eigenvalue weighted by molar-refractivity contribution is -0.141. The van der Waals surface area contributed by atoms with Crippen molar-refractivity contribution in [2.24, 2.45) is 0 Å². The Bertz CT molecular complexity index is 442. The SMILES string of the molecule is CC(=O)NC(CCC(=O)c1ccccc1)C(=O)O. The Morgan fingerprint density at radius 2 is 1.83 bits per heavy atom. The summed E-state index contributed by atoms with van der Waals surface area (Å²) in [6, 6.07) is 7.63. The number of carbonyl (C=O) groups excluding carboxylic acids is 2. The minimum absolute atomic E-state index is 0.0846. The van der Waals surface area contributed by atoms with E-state index >= 15 is 0 Å². The van der Waals surface area contributed by atoms with Crippen LogP contribution in [0.1, 0.15) is 30.1 Å². The van der Waals surface area contributed by atoms with Crippen LogP contribution >= 0.6 is 0 Å². The van der Waals surface area contributed by atoms with Crippen LogP contribution in [0.25, 0.3) is 0 Å². The molecule has 0 bridgehead atoms. The maximum absolute atomic E-state index is 11.8. The van der Waals surface area contributed by atoms with Crippen LogP contribution in [0.4, 0.5) is 0 Å². The van der Waals surface area contributed by atoms with Gasteiger partial charge in [-0.2, -0.15) is 0 Å². The molecule has 96 valence electrons. The summed E-state index contributed by atoms with van der Waals surface area (Å²) in [5, 5.41) is 11.2. The minimum atomic E-state index is -1.13. The highest BCUT2D eigenvalue weighted by molar-refractivity contribution is 5.96. The molecule has 0 heterocycles. The predicted octanol–water partition coefficient (Wildman–Crippen LogP) is 1.24. The topological polar surface area (TPSA) is 83.5 Å². The molecule has 0 aliphatic rings. The fraction of sp³-hybridized carbons (Fsp3) is 0.308. The Morgan fingerprint density at radius 1 is 1.22 bits per heavy atom. The number of carbonyl (C=O) groups is 3. The first-order valence-electron chi connectivity index (χ1n) is 5.59. The first kappa shape index (κ1) is 13.9. The second-order valence-electron chi connectivity index (χ2n) is 3.92. The Kier molecular flexibility index (Phi) is 5.05. The number of Topliss-reactive ketones (excluding diaryl/α,β-unsaturated/α-hetero) is 1. The van der Waals surface area contributed by atoms with Crippen LogP contribution in [0, 0.1) is 0 Å². The number of carboxylic acid groups (broad SMARTS) is 1. The van der Waals surface area contributed by atoms with E-state index in [2.05, 4.69) is 5.32 Å². The van der Waals surface area contributed by atoms with Gasteiger partial charge in [-0.25, -0.2) is 4.79 Å². The number of rotatable bonds is 6. The van der Waals surface area contributed by atoms with Crippen LogP contribution in [0.5, 0.6) is 0 Å². The molecule has 5 nitrogen and oxygen atoms in total. The van der Waals surface area contributed by atoms with Crippen LogP contribution < -0.4 is 5.32 Å². The maximum atomic E-state index is 11.8. The number of aliphatic carboxylic acids is 1. The third-order valence-electron chi connectivity index (χ3n) is 2.43. The molecule has 0 fully saturated rings. The lowest BCUT2D eigenvalue weighted by atomic mass is 10.0. The van der Waals surface area contributed by atoms with Gasteiger partial charge in [0.1, 0.15) is 6.04 Å². The summed E-state index contributed by atoms with van der Waals surface area (Å²) < 4.78 is 0. The van der Waals surface area contributed by atoms with Crippen molar-refractivity contribution in [2.45, 2.75) is 25.8 Å². The first-order valence-corrected chi connectivity index (χ1v) is 5.59. The third-order valence-corrected chi connectivity index (χ3v) is 2.43. The quantitative estimate of drug-likeness (QED) is 0.743. The Hall–Kier alpha value is -2.17. The molecule has 0 radical (unpaired) electrons. The molecule has 0 aliphatic carbocycles. The number of amides is 1. The van der Waals surface area contributed by atoms with Crippen LogP contribution in [0.3, 0.4) is 0 Å². The van der Waals surface area contributed by atoms with Crippen LogP contribution in [-0.4, -0.2) is 28.8 Å². The van der Waals surface area contributed by atoms with Crippen molar-refractivity contribution in [3.8, 4) is 0 Å². The third kappa shape index (κ3) is 4.37. The molecule has 1 rings (SSSR count). The van der Waals surface area contributed by atoms with E-state index in [1.54, 1.807) is 30.3 Å². The molecule has 5 heteroatoms. The lowest BCUT2D eigenvalue weighted by Gasteiger charge is -2.12. The van der Waals surface area contributed by atoms with Gasteiger partial charge < -0.3 is 10.4 Å². The number of hydrogen-bond acceptors (Lipinski definition) is 3. The van der Waals surface area contributed by atoms with Gasteiger partial charge in [-0.15, -0.1) is 0 Å². The van der Waals surface area contributed by atoms with Crippen molar-refractivity contribution >= 4 is 17.7 Å². The molecule has 0 saturated heterocycles. The molecule has 1 atom stereocenters. The zero-order valence-corrected chi connectivity index (χ0v) is 10.1. The highest BCUT2D eigenvalue weighted by Gasteiger charge is 2.19. The second kappa shape index (κ2) is 6.54. The summed E-state index contributed by atoms with van der Waals surface area (Å²) in [6.45, 7) is 1.24. The second-order valence-corrected chi connectivity index (χ2v) is 3.92. The van der Waals surface area contributed by atoms with Gasteiger partial charge >= 0.3 is 5.97 Å². The Balaban J connectivity index is 2.55. The average molecular weight is 249 g/mol.